The minimum absolute atomic E-state index is 0.0107. The molecule has 7 nitrogen and oxygen atoms in total. The first kappa shape index (κ1) is 19.2. The second-order valence-electron chi connectivity index (χ2n) is 8.14. The van der Waals surface area contributed by atoms with Crippen molar-refractivity contribution in [2.75, 3.05) is 26.2 Å². The summed E-state index contributed by atoms with van der Waals surface area (Å²) in [6, 6.07) is 7.97. The van der Waals surface area contributed by atoms with Crippen LogP contribution in [0.4, 0.5) is 4.79 Å². The fourth-order valence-electron chi connectivity index (χ4n) is 3.24. The van der Waals surface area contributed by atoms with E-state index in [-0.39, 0.29) is 11.9 Å². The van der Waals surface area contributed by atoms with Gasteiger partial charge in [0, 0.05) is 37.5 Å². The standard InChI is InChI=1S/C20H29N5O2/c1-20(2,3)18(26)21-10-11-22-19(27)25-12-8-14(9-13-25)17-23-15-6-4-5-7-16(15)24-17/h4-7,14H,8-13H2,1-3H3,(H,21,26)(H,22,27)(H,23,24). The number of benzene rings is 1. The number of fused-ring (bicyclic) bond motifs is 1. The normalized spacial score (nSPS) is 15.7. The maximum absolute atomic E-state index is 12.3. The number of hydrogen-bond donors (Lipinski definition) is 3. The lowest BCUT2D eigenvalue weighted by Gasteiger charge is -2.31. The van der Waals surface area contributed by atoms with Crippen molar-refractivity contribution in [2.24, 2.45) is 5.41 Å². The number of urea groups is 1. The summed E-state index contributed by atoms with van der Waals surface area (Å²) in [4.78, 5) is 34.0. The topological polar surface area (TPSA) is 90.1 Å². The second-order valence-corrected chi connectivity index (χ2v) is 8.14. The minimum atomic E-state index is -0.414. The van der Waals surface area contributed by atoms with Gasteiger partial charge < -0.3 is 20.5 Å². The highest BCUT2D eigenvalue weighted by molar-refractivity contribution is 5.81. The van der Waals surface area contributed by atoms with Gasteiger partial charge in [-0.25, -0.2) is 9.78 Å². The molecule has 1 saturated heterocycles. The third-order valence-electron chi connectivity index (χ3n) is 4.94. The minimum Gasteiger partial charge on any atom is -0.354 e. The largest absolute Gasteiger partial charge is 0.354 e. The molecule has 0 spiro atoms. The zero-order valence-corrected chi connectivity index (χ0v) is 16.3. The number of amides is 3. The van der Waals surface area contributed by atoms with Crippen LogP contribution in [-0.4, -0.2) is 53.0 Å². The van der Waals surface area contributed by atoms with Gasteiger partial charge in [-0.1, -0.05) is 32.9 Å². The Labute approximate surface area is 159 Å². The number of aromatic amines is 1. The van der Waals surface area contributed by atoms with Crippen molar-refractivity contribution in [3.05, 3.63) is 30.1 Å². The molecule has 2 heterocycles. The summed E-state index contributed by atoms with van der Waals surface area (Å²) in [5.74, 6) is 1.36. The van der Waals surface area contributed by atoms with Crippen molar-refractivity contribution in [3.8, 4) is 0 Å². The van der Waals surface area contributed by atoms with E-state index < -0.39 is 5.41 Å². The van der Waals surface area contributed by atoms with E-state index in [4.69, 9.17) is 0 Å². The zero-order chi connectivity index (χ0) is 19.4. The first-order chi connectivity index (χ1) is 12.8. The molecular formula is C20H29N5O2. The first-order valence-corrected chi connectivity index (χ1v) is 9.60. The Bertz CT molecular complexity index is 767. The highest BCUT2D eigenvalue weighted by Crippen LogP contribution is 2.27. The molecule has 0 saturated carbocycles. The molecule has 146 valence electrons. The Morgan fingerprint density at radius 2 is 1.81 bits per heavy atom. The number of likely N-dealkylation sites (tertiary alicyclic amines) is 1. The van der Waals surface area contributed by atoms with Crippen molar-refractivity contribution in [1.29, 1.82) is 0 Å². The van der Waals surface area contributed by atoms with Crippen LogP contribution < -0.4 is 10.6 Å². The molecule has 3 amide bonds. The SMILES string of the molecule is CC(C)(C)C(=O)NCCNC(=O)N1CCC(c2nc3ccccc3[nH]2)CC1. The van der Waals surface area contributed by atoms with Crippen molar-refractivity contribution in [1.82, 2.24) is 25.5 Å². The molecule has 0 unspecified atom stereocenters. The van der Waals surface area contributed by atoms with E-state index in [0.29, 0.717) is 32.1 Å². The molecule has 1 aliphatic rings. The maximum atomic E-state index is 12.3. The predicted molar refractivity (Wildman–Crippen MR) is 106 cm³/mol. The van der Waals surface area contributed by atoms with Gasteiger partial charge in [-0.3, -0.25) is 4.79 Å². The predicted octanol–water partition coefficient (Wildman–Crippen LogP) is 2.61. The van der Waals surface area contributed by atoms with Gasteiger partial charge in [0.2, 0.25) is 5.91 Å². The lowest BCUT2D eigenvalue weighted by Crippen LogP contribution is -2.46. The van der Waals surface area contributed by atoms with Crippen LogP contribution in [0.15, 0.2) is 24.3 Å². The number of aromatic nitrogens is 2. The molecule has 3 N–H and O–H groups in total. The molecule has 3 rings (SSSR count). The first-order valence-electron chi connectivity index (χ1n) is 9.60. The Kier molecular flexibility index (Phi) is 5.68. The Morgan fingerprint density at radius 3 is 2.48 bits per heavy atom. The van der Waals surface area contributed by atoms with Crippen LogP contribution in [-0.2, 0) is 4.79 Å². The van der Waals surface area contributed by atoms with Crippen molar-refractivity contribution < 1.29 is 9.59 Å². The quantitative estimate of drug-likeness (QED) is 0.722. The molecule has 0 atom stereocenters. The molecule has 1 fully saturated rings. The summed E-state index contributed by atoms with van der Waals surface area (Å²) in [7, 11) is 0. The number of imidazole rings is 1. The smallest absolute Gasteiger partial charge is 0.317 e. The highest BCUT2D eigenvalue weighted by atomic mass is 16.2. The Balaban J connectivity index is 1.42. The molecular weight excluding hydrogens is 342 g/mol. The van der Waals surface area contributed by atoms with E-state index in [0.717, 1.165) is 29.7 Å². The average molecular weight is 371 g/mol. The number of para-hydroxylation sites is 2. The monoisotopic (exact) mass is 371 g/mol. The number of hydrogen-bond acceptors (Lipinski definition) is 3. The van der Waals surface area contributed by atoms with Gasteiger partial charge >= 0.3 is 6.03 Å². The van der Waals surface area contributed by atoms with Crippen LogP contribution in [0.25, 0.3) is 11.0 Å². The second kappa shape index (κ2) is 7.98. The zero-order valence-electron chi connectivity index (χ0n) is 16.3. The molecule has 0 aliphatic carbocycles. The number of rotatable bonds is 4. The number of nitrogens with one attached hydrogen (secondary N) is 3. The fourth-order valence-corrected chi connectivity index (χ4v) is 3.24. The Morgan fingerprint density at radius 1 is 1.15 bits per heavy atom. The van der Waals surface area contributed by atoms with Crippen molar-refractivity contribution in [2.45, 2.75) is 39.5 Å². The van der Waals surface area contributed by atoms with Gasteiger partial charge in [-0.05, 0) is 25.0 Å². The van der Waals surface area contributed by atoms with E-state index in [9.17, 15) is 9.59 Å². The number of carbonyl (C=O) groups is 2. The van der Waals surface area contributed by atoms with E-state index in [1.807, 2.05) is 49.9 Å². The molecule has 1 aromatic carbocycles. The number of carbonyl (C=O) groups excluding carboxylic acids is 2. The third kappa shape index (κ3) is 4.78. The van der Waals surface area contributed by atoms with Crippen LogP contribution in [0.3, 0.4) is 0 Å². The molecule has 2 aromatic rings. The highest BCUT2D eigenvalue weighted by Gasteiger charge is 2.26. The summed E-state index contributed by atoms with van der Waals surface area (Å²) in [6.07, 6.45) is 1.79. The van der Waals surface area contributed by atoms with Gasteiger partial charge in [0.15, 0.2) is 0 Å². The number of piperidine rings is 1. The van der Waals surface area contributed by atoms with Crippen LogP contribution in [0, 0.1) is 5.41 Å². The Hall–Kier alpha value is -2.57. The van der Waals surface area contributed by atoms with Crippen molar-refractivity contribution >= 4 is 23.0 Å². The van der Waals surface area contributed by atoms with Gasteiger partial charge in [-0.2, -0.15) is 0 Å². The van der Waals surface area contributed by atoms with Crippen LogP contribution in [0.5, 0.6) is 0 Å². The van der Waals surface area contributed by atoms with E-state index in [1.165, 1.54) is 0 Å². The summed E-state index contributed by atoms with van der Waals surface area (Å²) in [5, 5.41) is 5.72. The summed E-state index contributed by atoms with van der Waals surface area (Å²) >= 11 is 0. The van der Waals surface area contributed by atoms with Gasteiger partial charge in [0.25, 0.3) is 0 Å². The molecule has 0 radical (unpaired) electrons. The number of H-pyrrole nitrogens is 1. The molecule has 1 aliphatic heterocycles. The molecule has 1 aromatic heterocycles. The summed E-state index contributed by atoms with van der Waals surface area (Å²) in [6.45, 7) is 7.90. The van der Waals surface area contributed by atoms with Crippen LogP contribution in [0.2, 0.25) is 0 Å². The van der Waals surface area contributed by atoms with Crippen LogP contribution >= 0.6 is 0 Å². The number of nitrogens with zero attached hydrogens (tertiary/aromatic N) is 2. The lowest BCUT2D eigenvalue weighted by molar-refractivity contribution is -0.128. The van der Waals surface area contributed by atoms with Gasteiger partial charge in [0.1, 0.15) is 5.82 Å². The third-order valence-corrected chi connectivity index (χ3v) is 4.94. The maximum Gasteiger partial charge on any atom is 0.317 e. The van der Waals surface area contributed by atoms with Gasteiger partial charge in [-0.15, -0.1) is 0 Å². The van der Waals surface area contributed by atoms with Crippen LogP contribution in [0.1, 0.15) is 45.4 Å². The molecule has 7 heteroatoms. The van der Waals surface area contributed by atoms with E-state index in [2.05, 4.69) is 20.6 Å². The van der Waals surface area contributed by atoms with Gasteiger partial charge in [0.05, 0.1) is 11.0 Å². The molecule has 0 bridgehead atoms. The molecule has 27 heavy (non-hydrogen) atoms. The summed E-state index contributed by atoms with van der Waals surface area (Å²) < 4.78 is 0. The average Bonchev–Trinajstić information content (AvgIpc) is 3.08. The fraction of sp³-hybridized carbons (Fsp3) is 0.550. The van der Waals surface area contributed by atoms with E-state index in [1.54, 1.807) is 0 Å². The van der Waals surface area contributed by atoms with E-state index >= 15 is 0 Å². The van der Waals surface area contributed by atoms with Crippen molar-refractivity contribution in [3.63, 3.8) is 0 Å². The lowest BCUT2D eigenvalue weighted by atomic mass is 9.96. The summed E-state index contributed by atoms with van der Waals surface area (Å²) in [5.41, 5.74) is 1.64.